The molecule has 5 nitrogen and oxygen atoms in total. The fourth-order valence-corrected chi connectivity index (χ4v) is 1.45. The molecular formula is C12H10ClN3O2. The van der Waals surface area contributed by atoms with Crippen LogP contribution in [0.5, 0.6) is 0 Å². The third-order valence-electron chi connectivity index (χ3n) is 2.08. The summed E-state index contributed by atoms with van der Waals surface area (Å²) in [6, 6.07) is 10.9. The molecule has 0 fully saturated rings. The van der Waals surface area contributed by atoms with E-state index in [0.717, 1.165) is 5.56 Å². The molecule has 0 saturated carbocycles. The van der Waals surface area contributed by atoms with E-state index in [2.05, 4.69) is 15.5 Å². The topological polar surface area (TPSA) is 64.1 Å². The van der Waals surface area contributed by atoms with E-state index >= 15 is 0 Å². The molecule has 0 aliphatic heterocycles. The monoisotopic (exact) mass is 263 g/mol. The molecule has 0 bridgehead atoms. The Balaban J connectivity index is 1.86. The lowest BCUT2D eigenvalue weighted by molar-refractivity contribution is 0.155. The first kappa shape index (κ1) is 12.3. The average molecular weight is 264 g/mol. The number of aromatic nitrogens is 2. The quantitative estimate of drug-likeness (QED) is 0.925. The molecule has 1 amide bonds. The molecule has 2 rings (SSSR count). The van der Waals surface area contributed by atoms with Crippen LogP contribution in [0.3, 0.4) is 0 Å². The van der Waals surface area contributed by atoms with Crippen LogP contribution in [0, 0.1) is 0 Å². The first-order valence-electron chi connectivity index (χ1n) is 5.20. The Hall–Kier alpha value is -2.14. The van der Waals surface area contributed by atoms with E-state index < -0.39 is 6.09 Å². The molecule has 0 unspecified atom stereocenters. The Kier molecular flexibility index (Phi) is 4.09. The molecule has 1 N–H and O–H groups in total. The molecule has 6 heteroatoms. The number of hydrogen-bond donors (Lipinski definition) is 1. The third kappa shape index (κ3) is 3.71. The van der Waals surface area contributed by atoms with E-state index in [9.17, 15) is 4.79 Å². The van der Waals surface area contributed by atoms with Crippen LogP contribution >= 0.6 is 11.6 Å². The Morgan fingerprint density at radius 3 is 2.83 bits per heavy atom. The van der Waals surface area contributed by atoms with Crippen LogP contribution in [0.4, 0.5) is 10.5 Å². The number of halogens is 1. The summed E-state index contributed by atoms with van der Waals surface area (Å²) in [6.07, 6.45) is 0.818. The highest BCUT2D eigenvalue weighted by molar-refractivity contribution is 6.29. The molecule has 0 spiro atoms. The van der Waals surface area contributed by atoms with Gasteiger partial charge in [0.25, 0.3) is 0 Å². The lowest BCUT2D eigenvalue weighted by atomic mass is 10.2. The maximum Gasteiger partial charge on any atom is 0.412 e. The number of anilines is 1. The van der Waals surface area contributed by atoms with Gasteiger partial charge in [-0.05, 0) is 5.56 Å². The number of hydrogen-bond acceptors (Lipinski definition) is 4. The Morgan fingerprint density at radius 2 is 2.11 bits per heavy atom. The largest absolute Gasteiger partial charge is 0.444 e. The molecular weight excluding hydrogens is 254 g/mol. The van der Waals surface area contributed by atoms with Gasteiger partial charge in [0.05, 0.1) is 11.9 Å². The van der Waals surface area contributed by atoms with Crippen molar-refractivity contribution in [3.05, 3.63) is 53.3 Å². The molecule has 1 heterocycles. The van der Waals surface area contributed by atoms with Gasteiger partial charge in [-0.25, -0.2) is 4.79 Å². The Labute approximate surface area is 109 Å². The fourth-order valence-electron chi connectivity index (χ4n) is 1.29. The van der Waals surface area contributed by atoms with E-state index in [1.807, 2.05) is 30.3 Å². The summed E-state index contributed by atoms with van der Waals surface area (Å²) in [5, 5.41) is 9.88. The third-order valence-corrected chi connectivity index (χ3v) is 2.27. The minimum absolute atomic E-state index is 0.204. The van der Waals surface area contributed by atoms with Crippen molar-refractivity contribution >= 4 is 23.4 Å². The van der Waals surface area contributed by atoms with E-state index in [4.69, 9.17) is 16.3 Å². The normalized spacial score (nSPS) is 9.83. The van der Waals surface area contributed by atoms with Crippen LogP contribution < -0.4 is 5.32 Å². The van der Waals surface area contributed by atoms with Crippen molar-refractivity contribution in [3.8, 4) is 0 Å². The van der Waals surface area contributed by atoms with Crippen LogP contribution in [0.15, 0.2) is 42.6 Å². The summed E-state index contributed by atoms with van der Waals surface area (Å²) in [6.45, 7) is 0.207. The number of nitrogens with one attached hydrogen (secondary N) is 1. The summed E-state index contributed by atoms with van der Waals surface area (Å²) in [5.74, 6) is 0. The smallest absolute Gasteiger partial charge is 0.412 e. The van der Waals surface area contributed by atoms with Gasteiger partial charge in [0.1, 0.15) is 6.61 Å². The molecule has 1 aromatic heterocycles. The van der Waals surface area contributed by atoms with Gasteiger partial charge in [-0.3, -0.25) is 5.32 Å². The molecule has 1 aromatic carbocycles. The highest BCUT2D eigenvalue weighted by Gasteiger charge is 2.04. The summed E-state index contributed by atoms with van der Waals surface area (Å²) in [4.78, 5) is 11.5. The van der Waals surface area contributed by atoms with Crippen molar-refractivity contribution < 1.29 is 9.53 Å². The number of ether oxygens (including phenoxy) is 1. The first-order chi connectivity index (χ1) is 8.74. The van der Waals surface area contributed by atoms with E-state index in [0.29, 0.717) is 5.69 Å². The van der Waals surface area contributed by atoms with Crippen LogP contribution in [0.25, 0.3) is 0 Å². The second-order valence-electron chi connectivity index (χ2n) is 3.45. The maximum absolute atomic E-state index is 11.5. The zero-order chi connectivity index (χ0) is 12.8. The number of carbonyl (C=O) groups is 1. The maximum atomic E-state index is 11.5. The number of carbonyl (C=O) groups excluding carboxylic acids is 1. The molecule has 0 aliphatic rings. The highest BCUT2D eigenvalue weighted by Crippen LogP contribution is 2.10. The molecule has 0 radical (unpaired) electrons. The average Bonchev–Trinajstić information content (AvgIpc) is 2.38. The van der Waals surface area contributed by atoms with Gasteiger partial charge in [-0.1, -0.05) is 41.9 Å². The minimum atomic E-state index is -0.567. The lowest BCUT2D eigenvalue weighted by Gasteiger charge is -2.06. The van der Waals surface area contributed by atoms with Crippen molar-refractivity contribution in [2.24, 2.45) is 0 Å². The number of benzene rings is 1. The first-order valence-corrected chi connectivity index (χ1v) is 5.58. The van der Waals surface area contributed by atoms with Crippen molar-refractivity contribution in [3.63, 3.8) is 0 Å². The zero-order valence-corrected chi connectivity index (χ0v) is 10.1. The Bertz CT molecular complexity index is 534. The predicted octanol–water partition coefficient (Wildman–Crippen LogP) is 2.88. The molecule has 2 aromatic rings. The highest BCUT2D eigenvalue weighted by atomic mass is 35.5. The number of nitrogens with zero attached hydrogens (tertiary/aromatic N) is 2. The summed E-state index contributed by atoms with van der Waals surface area (Å²) >= 11 is 5.64. The van der Waals surface area contributed by atoms with Crippen LogP contribution in [0.1, 0.15) is 5.56 Å². The molecule has 0 atom stereocenters. The number of rotatable bonds is 3. The van der Waals surface area contributed by atoms with Gasteiger partial charge in [-0.15, -0.1) is 5.10 Å². The van der Waals surface area contributed by atoms with Gasteiger partial charge in [0, 0.05) is 6.07 Å². The van der Waals surface area contributed by atoms with Gasteiger partial charge in [-0.2, -0.15) is 5.10 Å². The molecule has 18 heavy (non-hydrogen) atoms. The summed E-state index contributed by atoms with van der Waals surface area (Å²) in [7, 11) is 0. The van der Waals surface area contributed by atoms with E-state index in [1.165, 1.54) is 12.3 Å². The van der Waals surface area contributed by atoms with Gasteiger partial charge >= 0.3 is 6.09 Å². The molecule has 0 saturated heterocycles. The Morgan fingerprint density at radius 1 is 1.33 bits per heavy atom. The van der Waals surface area contributed by atoms with Gasteiger partial charge < -0.3 is 4.74 Å². The van der Waals surface area contributed by atoms with Gasteiger partial charge in [0.2, 0.25) is 0 Å². The van der Waals surface area contributed by atoms with Crippen molar-refractivity contribution in [2.45, 2.75) is 6.61 Å². The standard InChI is InChI=1S/C12H10ClN3O2/c13-11-6-10(7-14-16-11)15-12(17)18-8-9-4-2-1-3-5-9/h1-7H,8H2,(H,15,16,17). The second-order valence-corrected chi connectivity index (χ2v) is 3.84. The number of amides is 1. The summed E-state index contributed by atoms with van der Waals surface area (Å²) < 4.78 is 5.03. The van der Waals surface area contributed by atoms with Crippen molar-refractivity contribution in [2.75, 3.05) is 5.32 Å². The van der Waals surface area contributed by atoms with E-state index in [1.54, 1.807) is 0 Å². The molecule has 0 aliphatic carbocycles. The van der Waals surface area contributed by atoms with Gasteiger partial charge in [0.15, 0.2) is 5.15 Å². The minimum Gasteiger partial charge on any atom is -0.444 e. The predicted molar refractivity (Wildman–Crippen MR) is 67.3 cm³/mol. The molecule has 92 valence electrons. The van der Waals surface area contributed by atoms with Crippen molar-refractivity contribution in [1.29, 1.82) is 0 Å². The SMILES string of the molecule is O=C(Nc1cnnc(Cl)c1)OCc1ccccc1. The zero-order valence-electron chi connectivity index (χ0n) is 9.34. The lowest BCUT2D eigenvalue weighted by Crippen LogP contribution is -2.13. The van der Waals surface area contributed by atoms with Crippen LogP contribution in [0.2, 0.25) is 5.15 Å². The second kappa shape index (κ2) is 5.97. The van der Waals surface area contributed by atoms with E-state index in [-0.39, 0.29) is 11.8 Å². The fraction of sp³-hybridized carbons (Fsp3) is 0.0833. The van der Waals surface area contributed by atoms with Crippen LogP contribution in [-0.2, 0) is 11.3 Å². The van der Waals surface area contributed by atoms with Crippen molar-refractivity contribution in [1.82, 2.24) is 10.2 Å². The van der Waals surface area contributed by atoms with Crippen LogP contribution in [-0.4, -0.2) is 16.3 Å². The summed E-state index contributed by atoms with van der Waals surface area (Å²) in [5.41, 5.74) is 1.35.